The molecule has 2 radical (unpaired) electrons. The number of rotatable bonds is 7. The van der Waals surface area contributed by atoms with Gasteiger partial charge in [0.2, 0.25) is 0 Å². The van der Waals surface area contributed by atoms with Crippen molar-refractivity contribution in [2.24, 2.45) is 14.1 Å². The number of halogens is 8. The Bertz CT molecular complexity index is 2320. The van der Waals surface area contributed by atoms with Crippen molar-refractivity contribution in [1.82, 2.24) is 29.5 Å². The maximum absolute atomic E-state index is 13.8. The van der Waals surface area contributed by atoms with E-state index in [0.717, 1.165) is 46.5 Å². The van der Waals surface area contributed by atoms with Gasteiger partial charge in [-0.3, -0.25) is 14.2 Å². The van der Waals surface area contributed by atoms with Gasteiger partial charge in [-0.05, 0) is 86.3 Å². The van der Waals surface area contributed by atoms with Crippen molar-refractivity contribution in [3.05, 3.63) is 130 Å². The van der Waals surface area contributed by atoms with E-state index in [-0.39, 0.29) is 35.4 Å². The standard InChI is InChI=1S/C18H14F4N4O.C18H16F4N4.C4H7BO/c1-10-4-3-5-12(19)16(10)17(27)24-15-7-6-11(9-23-15)13-8-14(18(20,21)22)25-26(13)2;1-11-4-3-5-14(19)13(11)10-24-17-7-6-12(9-23-17)15-8-16(18(20,21)22)25-26(15)2;5-4-2-1-3-6-4/h3-9H,1-2H3,(H,23,24,27);3-9H,10H2,1-2H3,(H,23,24);4H,1-3H2. The van der Waals surface area contributed by atoms with Gasteiger partial charge in [0, 0.05) is 62.3 Å². The molecule has 1 unspecified atom stereocenters. The molecular weight excluding hydrogens is 787 g/mol. The van der Waals surface area contributed by atoms with Crippen molar-refractivity contribution in [3.8, 4) is 22.5 Å². The molecule has 10 nitrogen and oxygen atoms in total. The second-order valence-electron chi connectivity index (χ2n) is 13.3. The number of alkyl halides is 6. The molecule has 2 N–H and O–H groups in total. The van der Waals surface area contributed by atoms with Gasteiger partial charge in [-0.15, -0.1) is 0 Å². The number of carbonyl (C=O) groups excluding carboxylic acids is 1. The summed E-state index contributed by atoms with van der Waals surface area (Å²) in [6, 6.07) is 17.3. The molecule has 1 saturated heterocycles. The molecule has 1 amide bonds. The molecule has 0 aliphatic carbocycles. The van der Waals surface area contributed by atoms with Gasteiger partial charge in [0.1, 0.15) is 31.1 Å². The zero-order valence-electron chi connectivity index (χ0n) is 32.1. The van der Waals surface area contributed by atoms with E-state index in [4.69, 9.17) is 12.6 Å². The summed E-state index contributed by atoms with van der Waals surface area (Å²) in [5.41, 5.74) is 1.20. The Hall–Kier alpha value is -6.11. The van der Waals surface area contributed by atoms with Gasteiger partial charge >= 0.3 is 12.4 Å². The lowest BCUT2D eigenvalue weighted by atomic mass is 9.98. The minimum atomic E-state index is -4.55. The number of pyridine rings is 2. The summed E-state index contributed by atoms with van der Waals surface area (Å²) in [5.74, 6) is -0.979. The number of benzene rings is 2. The number of nitrogens with one attached hydrogen (secondary N) is 2. The Balaban J connectivity index is 0.000000196. The fourth-order valence-electron chi connectivity index (χ4n) is 5.79. The SMILES string of the molecule is Cc1cccc(F)c1C(=O)Nc1ccc(-c2cc(C(F)(F)F)nn2C)cn1.Cc1cccc(F)c1CNc1ccc(-c2cc(C(F)(F)F)nn2C)cn1.[B]C1CCCO1. The molecule has 7 rings (SSSR count). The normalized spacial score (nSPS) is 13.9. The molecule has 59 heavy (non-hydrogen) atoms. The van der Waals surface area contributed by atoms with Crippen molar-refractivity contribution < 1.29 is 44.7 Å². The van der Waals surface area contributed by atoms with Gasteiger partial charge in [0.15, 0.2) is 11.4 Å². The Morgan fingerprint density at radius 2 is 1.31 bits per heavy atom. The van der Waals surface area contributed by atoms with E-state index in [1.807, 2.05) is 13.0 Å². The van der Waals surface area contributed by atoms with Crippen LogP contribution in [0.15, 0.2) is 85.2 Å². The number of anilines is 2. The summed E-state index contributed by atoms with van der Waals surface area (Å²) in [7, 11) is 8.14. The van der Waals surface area contributed by atoms with Crippen LogP contribution in [-0.2, 0) is 37.7 Å². The Labute approximate surface area is 335 Å². The fraction of sp³-hybridized carbons (Fsp3) is 0.275. The van der Waals surface area contributed by atoms with Gasteiger partial charge in [-0.25, -0.2) is 18.7 Å². The summed E-state index contributed by atoms with van der Waals surface area (Å²) in [6.45, 7) is 4.54. The van der Waals surface area contributed by atoms with Crippen LogP contribution in [0.25, 0.3) is 22.5 Å². The van der Waals surface area contributed by atoms with E-state index < -0.39 is 35.5 Å². The molecule has 1 atom stereocenters. The van der Waals surface area contributed by atoms with Crippen LogP contribution in [0.1, 0.15) is 51.3 Å². The average Bonchev–Trinajstić information content (AvgIpc) is 3.92. The van der Waals surface area contributed by atoms with Crippen molar-refractivity contribution in [1.29, 1.82) is 0 Å². The number of ether oxygens (including phenoxy) is 1. The molecule has 308 valence electrons. The zero-order chi connectivity index (χ0) is 43.1. The van der Waals surface area contributed by atoms with Crippen LogP contribution >= 0.6 is 0 Å². The molecule has 1 aliphatic heterocycles. The van der Waals surface area contributed by atoms with Crippen LogP contribution in [0, 0.1) is 25.5 Å². The van der Waals surface area contributed by atoms with Gasteiger partial charge in [0.05, 0.1) is 17.0 Å². The zero-order valence-corrected chi connectivity index (χ0v) is 32.1. The molecule has 1 aliphatic rings. The number of carbonyl (C=O) groups is 1. The maximum Gasteiger partial charge on any atom is 0.435 e. The van der Waals surface area contributed by atoms with Crippen LogP contribution in [0.4, 0.5) is 46.8 Å². The molecule has 0 saturated carbocycles. The first-order valence-corrected chi connectivity index (χ1v) is 17.9. The minimum absolute atomic E-state index is 0.0463. The molecule has 6 aromatic rings. The van der Waals surface area contributed by atoms with Crippen molar-refractivity contribution in [2.45, 2.75) is 51.6 Å². The summed E-state index contributed by atoms with van der Waals surface area (Å²) >= 11 is 0. The largest absolute Gasteiger partial charge is 0.435 e. The quantitative estimate of drug-likeness (QED) is 0.122. The maximum atomic E-state index is 13.8. The van der Waals surface area contributed by atoms with Gasteiger partial charge in [-0.2, -0.15) is 36.5 Å². The first-order chi connectivity index (χ1) is 27.8. The smallest absolute Gasteiger partial charge is 0.388 e. The third-order valence-corrected chi connectivity index (χ3v) is 8.91. The average molecular weight is 825 g/mol. The van der Waals surface area contributed by atoms with E-state index in [0.29, 0.717) is 33.8 Å². The summed E-state index contributed by atoms with van der Waals surface area (Å²) in [5, 5.41) is 12.4. The molecule has 5 heterocycles. The number of nitrogens with zero attached hydrogens (tertiary/aromatic N) is 6. The minimum Gasteiger partial charge on any atom is -0.388 e. The fourth-order valence-corrected chi connectivity index (χ4v) is 5.79. The highest BCUT2D eigenvalue weighted by atomic mass is 19.4. The predicted molar refractivity (Wildman–Crippen MR) is 205 cm³/mol. The molecule has 19 heteroatoms. The van der Waals surface area contributed by atoms with Gasteiger partial charge in [0.25, 0.3) is 5.91 Å². The van der Waals surface area contributed by atoms with E-state index in [9.17, 15) is 39.9 Å². The number of aryl methyl sites for hydroxylation is 4. The highest BCUT2D eigenvalue weighted by Crippen LogP contribution is 2.33. The summed E-state index contributed by atoms with van der Waals surface area (Å²) < 4.78 is 111. The van der Waals surface area contributed by atoms with Crippen molar-refractivity contribution in [3.63, 3.8) is 0 Å². The second-order valence-corrected chi connectivity index (χ2v) is 13.3. The molecule has 4 aromatic heterocycles. The van der Waals surface area contributed by atoms with Crippen molar-refractivity contribution >= 4 is 25.4 Å². The summed E-state index contributed by atoms with van der Waals surface area (Å²) in [4.78, 5) is 20.5. The van der Waals surface area contributed by atoms with Crippen molar-refractivity contribution in [2.75, 3.05) is 17.2 Å². The van der Waals surface area contributed by atoms with E-state index >= 15 is 0 Å². The third-order valence-electron chi connectivity index (χ3n) is 8.91. The lowest BCUT2D eigenvalue weighted by Crippen LogP contribution is -2.16. The molecule has 0 spiro atoms. The monoisotopic (exact) mass is 824 g/mol. The van der Waals surface area contributed by atoms with Crippen LogP contribution in [0.5, 0.6) is 0 Å². The number of amides is 1. The van der Waals surface area contributed by atoms with Crippen LogP contribution in [0.2, 0.25) is 0 Å². The lowest BCUT2D eigenvalue weighted by Gasteiger charge is -2.10. The van der Waals surface area contributed by atoms with Crippen LogP contribution in [0.3, 0.4) is 0 Å². The highest BCUT2D eigenvalue weighted by Gasteiger charge is 2.35. The van der Waals surface area contributed by atoms with Gasteiger partial charge in [-0.1, -0.05) is 24.3 Å². The Morgan fingerprint density at radius 1 is 0.780 bits per heavy atom. The third kappa shape index (κ3) is 11.5. The van der Waals surface area contributed by atoms with E-state index in [2.05, 4.69) is 30.8 Å². The van der Waals surface area contributed by atoms with Gasteiger partial charge < -0.3 is 15.4 Å². The number of hydrogen-bond acceptors (Lipinski definition) is 7. The molecule has 0 bridgehead atoms. The van der Waals surface area contributed by atoms with Crippen LogP contribution in [-0.4, -0.2) is 55.9 Å². The molecule has 1 fully saturated rings. The first-order valence-electron chi connectivity index (χ1n) is 17.9. The van der Waals surface area contributed by atoms with E-state index in [1.54, 1.807) is 31.2 Å². The topological polar surface area (TPSA) is 112 Å². The number of hydrogen-bond donors (Lipinski definition) is 2. The summed E-state index contributed by atoms with van der Waals surface area (Å²) in [6.07, 6.45) is -4.10. The second kappa shape index (κ2) is 18.7. The Kier molecular flexibility index (Phi) is 13.9. The van der Waals surface area contributed by atoms with Crippen LogP contribution < -0.4 is 10.6 Å². The number of aromatic nitrogens is 6. The first kappa shape index (κ1) is 44.0. The predicted octanol–water partition coefficient (Wildman–Crippen LogP) is 9.05. The molecular formula is C40H37BF8N8O2. The van der Waals surface area contributed by atoms with E-state index in [1.165, 1.54) is 56.8 Å². The molecule has 2 aromatic carbocycles. The highest BCUT2D eigenvalue weighted by molar-refractivity contribution is 6.11. The lowest BCUT2D eigenvalue weighted by molar-refractivity contribution is -0.142. The Morgan fingerprint density at radius 3 is 1.71 bits per heavy atom.